The van der Waals surface area contributed by atoms with Crippen LogP contribution in [0.15, 0.2) is 12.4 Å². The minimum absolute atomic E-state index is 0.0884. The molecule has 0 radical (unpaired) electrons. The Balaban J connectivity index is 1.30. The highest BCUT2D eigenvalue weighted by Crippen LogP contribution is 2.34. The number of nitrogens with one attached hydrogen (secondary N) is 3. The third-order valence-corrected chi connectivity index (χ3v) is 5.70. The van der Waals surface area contributed by atoms with Gasteiger partial charge in [-0.05, 0) is 32.6 Å². The smallest absolute Gasteiger partial charge is 0.369 e. The van der Waals surface area contributed by atoms with E-state index in [9.17, 15) is 18.0 Å². The van der Waals surface area contributed by atoms with Crippen LogP contribution in [0, 0.1) is 12.8 Å². The van der Waals surface area contributed by atoms with Crippen molar-refractivity contribution in [2.24, 2.45) is 5.92 Å². The van der Waals surface area contributed by atoms with E-state index in [1.807, 2.05) is 25.8 Å². The van der Waals surface area contributed by atoms with Crippen LogP contribution < -0.4 is 20.9 Å². The van der Waals surface area contributed by atoms with E-state index in [-0.39, 0.29) is 18.0 Å². The number of nitrogens with zero attached hydrogens (tertiary/aromatic N) is 5. The van der Waals surface area contributed by atoms with Crippen molar-refractivity contribution in [3.63, 3.8) is 0 Å². The second-order valence-corrected chi connectivity index (χ2v) is 7.95. The second-order valence-electron chi connectivity index (χ2n) is 7.95. The van der Waals surface area contributed by atoms with Gasteiger partial charge in [-0.3, -0.25) is 4.79 Å². The molecule has 2 aromatic heterocycles. The van der Waals surface area contributed by atoms with Gasteiger partial charge in [-0.15, -0.1) is 0 Å². The third-order valence-electron chi connectivity index (χ3n) is 5.70. The minimum atomic E-state index is -4.49. The van der Waals surface area contributed by atoms with Crippen LogP contribution in [0.2, 0.25) is 0 Å². The molecule has 1 amide bonds. The molecule has 2 aliphatic rings. The van der Waals surface area contributed by atoms with Crippen LogP contribution in [0.4, 0.5) is 36.4 Å². The van der Waals surface area contributed by atoms with Gasteiger partial charge in [0.1, 0.15) is 17.5 Å². The maximum atomic E-state index is 12.5. The van der Waals surface area contributed by atoms with Crippen molar-refractivity contribution in [2.45, 2.75) is 44.9 Å². The van der Waals surface area contributed by atoms with Crippen LogP contribution in [0.1, 0.15) is 31.2 Å². The first-order chi connectivity index (χ1) is 14.6. The molecule has 0 bridgehead atoms. The highest BCUT2D eigenvalue weighted by atomic mass is 19.4. The number of hydrogen-bond acceptors (Lipinski definition) is 8. The first kappa shape index (κ1) is 21.1. The summed E-state index contributed by atoms with van der Waals surface area (Å²) in [4.78, 5) is 30.0. The number of aryl methyl sites for hydroxylation is 1. The van der Waals surface area contributed by atoms with Crippen molar-refractivity contribution in [1.29, 1.82) is 0 Å². The second kappa shape index (κ2) is 7.82. The van der Waals surface area contributed by atoms with E-state index in [1.54, 1.807) is 0 Å². The van der Waals surface area contributed by atoms with Crippen LogP contribution in [0.5, 0.6) is 0 Å². The van der Waals surface area contributed by atoms with Gasteiger partial charge in [0.2, 0.25) is 11.9 Å². The molecule has 1 aliphatic heterocycles. The van der Waals surface area contributed by atoms with Crippen molar-refractivity contribution < 1.29 is 18.0 Å². The largest absolute Gasteiger partial charge is 0.434 e. The molecule has 1 fully saturated rings. The molecule has 9 nitrogen and oxygen atoms in total. The van der Waals surface area contributed by atoms with Gasteiger partial charge < -0.3 is 20.9 Å². The summed E-state index contributed by atoms with van der Waals surface area (Å²) in [5, 5.41) is 9.21. The lowest BCUT2D eigenvalue weighted by molar-refractivity contribution is -0.141. The average Bonchev–Trinajstić information content (AvgIpc) is 2.68. The van der Waals surface area contributed by atoms with Crippen molar-refractivity contribution in [2.75, 3.05) is 34.4 Å². The van der Waals surface area contributed by atoms with Gasteiger partial charge in [-0.25, -0.2) is 15.0 Å². The Kier molecular flexibility index (Phi) is 5.31. The summed E-state index contributed by atoms with van der Waals surface area (Å²) in [6.45, 7) is 4.23. The molecule has 0 saturated heterocycles. The quantitative estimate of drug-likeness (QED) is 0.657. The van der Waals surface area contributed by atoms with Crippen molar-refractivity contribution >= 4 is 29.2 Å². The van der Waals surface area contributed by atoms with Gasteiger partial charge in [0.25, 0.3) is 0 Å². The Morgan fingerprint density at radius 1 is 1.23 bits per heavy atom. The molecule has 31 heavy (non-hydrogen) atoms. The molecule has 0 unspecified atom stereocenters. The highest BCUT2D eigenvalue weighted by Gasteiger charge is 2.34. The van der Waals surface area contributed by atoms with Crippen LogP contribution in [-0.4, -0.2) is 51.5 Å². The van der Waals surface area contributed by atoms with Crippen LogP contribution in [0.25, 0.3) is 0 Å². The third kappa shape index (κ3) is 4.32. The predicted octanol–water partition coefficient (Wildman–Crippen LogP) is 2.67. The van der Waals surface area contributed by atoms with Crippen LogP contribution in [-0.2, 0) is 11.0 Å². The number of carbonyl (C=O) groups is 1. The fraction of sp³-hybridized carbons (Fsp3) is 0.526. The number of hydrogen-bond donors (Lipinski definition) is 3. The summed E-state index contributed by atoms with van der Waals surface area (Å²) in [6.07, 6.45) is -0.943. The first-order valence-electron chi connectivity index (χ1n) is 9.93. The number of likely N-dealkylation sites (N-methyl/N-ethyl adjacent to an activating group) is 1. The summed E-state index contributed by atoms with van der Waals surface area (Å²) in [6, 6.07) is -0.119. The standard InChI is InChI=1S/C19H23F3N8O/c1-9-15-16(30(3)10(2)17(31)28-15)29-18(26-9)27-12-4-11(5-12)6-24-14-8-23-13(7-25-14)19(20,21)22/h7-8,10-12H,4-6H2,1-3H3,(H,24,25)(H,28,31)(H,26,27,29)/t10-,11?,12?/m0/s1. The van der Waals surface area contributed by atoms with Gasteiger partial charge >= 0.3 is 6.18 Å². The molecule has 1 atom stereocenters. The average molecular weight is 436 g/mol. The normalized spacial score (nSPS) is 23.0. The molecule has 12 heteroatoms. The van der Waals surface area contributed by atoms with Gasteiger partial charge in [-0.1, -0.05) is 0 Å². The van der Waals surface area contributed by atoms with E-state index in [2.05, 4.69) is 35.9 Å². The number of amides is 1. The van der Waals surface area contributed by atoms with E-state index in [0.717, 1.165) is 25.2 Å². The number of alkyl halides is 3. The molecule has 1 saturated carbocycles. The summed E-state index contributed by atoms with van der Waals surface area (Å²) >= 11 is 0. The molecule has 2 aromatic rings. The number of halogens is 3. The topological polar surface area (TPSA) is 108 Å². The van der Waals surface area contributed by atoms with Crippen molar-refractivity contribution in [3.05, 3.63) is 23.8 Å². The lowest BCUT2D eigenvalue weighted by atomic mass is 9.80. The summed E-state index contributed by atoms with van der Waals surface area (Å²) in [7, 11) is 1.83. The van der Waals surface area contributed by atoms with E-state index in [4.69, 9.17) is 0 Å². The lowest BCUT2D eigenvalue weighted by Gasteiger charge is -2.37. The Morgan fingerprint density at radius 3 is 2.61 bits per heavy atom. The summed E-state index contributed by atoms with van der Waals surface area (Å²) in [5.41, 5.74) is 0.313. The Morgan fingerprint density at radius 2 is 1.97 bits per heavy atom. The Bertz CT molecular complexity index is 975. The first-order valence-corrected chi connectivity index (χ1v) is 9.93. The number of carbonyl (C=O) groups excluding carboxylic acids is 1. The molecular formula is C19H23F3N8O. The number of rotatable bonds is 5. The molecule has 0 spiro atoms. The highest BCUT2D eigenvalue weighted by molar-refractivity contribution is 6.03. The molecule has 0 aromatic carbocycles. The SMILES string of the molecule is Cc1nc(NC2CC(CNc3cnc(C(F)(F)F)cn3)C2)nc2c1NC(=O)[C@H](C)N2C. The molecular weight excluding hydrogens is 413 g/mol. The van der Waals surface area contributed by atoms with E-state index < -0.39 is 11.9 Å². The fourth-order valence-electron chi connectivity index (χ4n) is 3.63. The maximum absolute atomic E-state index is 12.5. The molecule has 166 valence electrons. The van der Waals surface area contributed by atoms with E-state index >= 15 is 0 Å². The minimum Gasteiger partial charge on any atom is -0.369 e. The zero-order valence-corrected chi connectivity index (χ0v) is 17.3. The fourth-order valence-corrected chi connectivity index (χ4v) is 3.63. The van der Waals surface area contributed by atoms with Gasteiger partial charge in [0, 0.05) is 19.6 Å². The molecule has 1 aliphatic carbocycles. The summed E-state index contributed by atoms with van der Waals surface area (Å²) in [5.74, 6) is 1.77. The van der Waals surface area contributed by atoms with Crippen molar-refractivity contribution in [3.8, 4) is 0 Å². The molecule has 3 heterocycles. The molecule has 3 N–H and O–H groups in total. The zero-order chi connectivity index (χ0) is 22.3. The maximum Gasteiger partial charge on any atom is 0.434 e. The Labute approximate surface area is 176 Å². The lowest BCUT2D eigenvalue weighted by Crippen LogP contribution is -2.45. The van der Waals surface area contributed by atoms with E-state index in [0.29, 0.717) is 41.4 Å². The number of fused-ring (bicyclic) bond motifs is 1. The predicted molar refractivity (Wildman–Crippen MR) is 109 cm³/mol. The van der Waals surface area contributed by atoms with Crippen molar-refractivity contribution in [1.82, 2.24) is 19.9 Å². The van der Waals surface area contributed by atoms with E-state index in [1.165, 1.54) is 0 Å². The van der Waals surface area contributed by atoms with Gasteiger partial charge in [0.05, 0.1) is 18.1 Å². The zero-order valence-electron chi connectivity index (χ0n) is 17.3. The Hall–Kier alpha value is -3.18. The summed E-state index contributed by atoms with van der Waals surface area (Å²) < 4.78 is 37.6. The number of aromatic nitrogens is 4. The molecule has 4 rings (SSSR count). The van der Waals surface area contributed by atoms with Crippen LogP contribution >= 0.6 is 0 Å². The van der Waals surface area contributed by atoms with Gasteiger partial charge in [-0.2, -0.15) is 18.2 Å². The van der Waals surface area contributed by atoms with Crippen LogP contribution in [0.3, 0.4) is 0 Å². The van der Waals surface area contributed by atoms with Gasteiger partial charge in [0.15, 0.2) is 11.5 Å². The monoisotopic (exact) mass is 436 g/mol. The number of anilines is 4.